The SMILES string of the molecule is COC(C)N[C@@H](C(C)=O)C1CCOCC1. The molecule has 2 atom stereocenters. The molecule has 1 fully saturated rings. The third-order valence-corrected chi connectivity index (χ3v) is 2.94. The molecule has 15 heavy (non-hydrogen) atoms. The Morgan fingerprint density at radius 2 is 2.07 bits per heavy atom. The predicted molar refractivity (Wildman–Crippen MR) is 57.6 cm³/mol. The molecule has 0 aliphatic carbocycles. The van der Waals surface area contributed by atoms with E-state index < -0.39 is 0 Å². The van der Waals surface area contributed by atoms with Gasteiger partial charge in [0.2, 0.25) is 0 Å². The van der Waals surface area contributed by atoms with Crippen molar-refractivity contribution >= 4 is 5.78 Å². The van der Waals surface area contributed by atoms with Gasteiger partial charge < -0.3 is 9.47 Å². The van der Waals surface area contributed by atoms with Gasteiger partial charge in [-0.15, -0.1) is 0 Å². The number of rotatable bonds is 5. The maximum Gasteiger partial charge on any atom is 0.147 e. The Morgan fingerprint density at radius 1 is 1.47 bits per heavy atom. The molecule has 0 spiro atoms. The number of ketones is 1. The van der Waals surface area contributed by atoms with Gasteiger partial charge in [-0.3, -0.25) is 10.1 Å². The second-order valence-corrected chi connectivity index (χ2v) is 4.08. The summed E-state index contributed by atoms with van der Waals surface area (Å²) in [5.41, 5.74) is 0. The Bertz CT molecular complexity index is 202. The van der Waals surface area contributed by atoms with Crippen LogP contribution in [-0.2, 0) is 14.3 Å². The second kappa shape index (κ2) is 6.20. The number of carbonyl (C=O) groups is 1. The van der Waals surface area contributed by atoms with E-state index in [-0.39, 0.29) is 18.1 Å². The van der Waals surface area contributed by atoms with Gasteiger partial charge in [0, 0.05) is 20.3 Å². The lowest BCUT2D eigenvalue weighted by Gasteiger charge is -2.31. The van der Waals surface area contributed by atoms with Crippen LogP contribution in [0.3, 0.4) is 0 Å². The van der Waals surface area contributed by atoms with Gasteiger partial charge in [-0.1, -0.05) is 0 Å². The minimum Gasteiger partial charge on any atom is -0.381 e. The molecule has 4 nitrogen and oxygen atoms in total. The standard InChI is InChI=1S/C11H21NO3/c1-8(13)11(12-9(2)14-3)10-4-6-15-7-5-10/h9-12H,4-7H2,1-3H3/t9?,11-/m0/s1. The summed E-state index contributed by atoms with van der Waals surface area (Å²) in [4.78, 5) is 11.5. The van der Waals surface area contributed by atoms with Crippen LogP contribution in [-0.4, -0.2) is 38.4 Å². The molecular weight excluding hydrogens is 194 g/mol. The molecule has 0 aromatic carbocycles. The van der Waals surface area contributed by atoms with Crippen LogP contribution in [0.25, 0.3) is 0 Å². The zero-order chi connectivity index (χ0) is 11.3. The number of Topliss-reactive ketones (excluding diaryl/α,β-unsaturated/α-hetero) is 1. The summed E-state index contributed by atoms with van der Waals surface area (Å²) in [6.07, 6.45) is 1.82. The maximum atomic E-state index is 11.5. The highest BCUT2D eigenvalue weighted by atomic mass is 16.5. The average Bonchev–Trinajstić information content (AvgIpc) is 2.26. The van der Waals surface area contributed by atoms with Crippen molar-refractivity contribution in [2.75, 3.05) is 20.3 Å². The topological polar surface area (TPSA) is 47.6 Å². The first-order valence-electron chi connectivity index (χ1n) is 5.52. The smallest absolute Gasteiger partial charge is 0.147 e. The van der Waals surface area contributed by atoms with Crippen molar-refractivity contribution in [3.8, 4) is 0 Å². The molecule has 1 rings (SSSR count). The van der Waals surface area contributed by atoms with Gasteiger partial charge in [0.1, 0.15) is 12.0 Å². The van der Waals surface area contributed by atoms with Crippen molar-refractivity contribution in [2.24, 2.45) is 5.92 Å². The minimum atomic E-state index is -0.0937. The molecule has 0 amide bonds. The van der Waals surface area contributed by atoms with Gasteiger partial charge >= 0.3 is 0 Å². The molecule has 0 aromatic heterocycles. The normalized spacial score (nSPS) is 22.3. The van der Waals surface area contributed by atoms with E-state index in [9.17, 15) is 4.79 Å². The lowest BCUT2D eigenvalue weighted by atomic mass is 9.89. The Balaban J connectivity index is 2.51. The summed E-state index contributed by atoms with van der Waals surface area (Å²) in [5, 5.41) is 3.21. The molecule has 1 aliphatic heterocycles. The number of nitrogens with one attached hydrogen (secondary N) is 1. The van der Waals surface area contributed by atoms with E-state index in [0.717, 1.165) is 26.1 Å². The minimum absolute atomic E-state index is 0.0817. The van der Waals surface area contributed by atoms with Crippen LogP contribution in [0.2, 0.25) is 0 Å². The molecule has 4 heteroatoms. The van der Waals surface area contributed by atoms with E-state index in [1.807, 2.05) is 6.92 Å². The number of carbonyl (C=O) groups excluding carboxylic acids is 1. The monoisotopic (exact) mass is 215 g/mol. The molecule has 1 unspecified atom stereocenters. The van der Waals surface area contributed by atoms with E-state index in [0.29, 0.717) is 5.92 Å². The Labute approximate surface area is 91.3 Å². The largest absolute Gasteiger partial charge is 0.381 e. The molecule has 1 N–H and O–H groups in total. The van der Waals surface area contributed by atoms with Gasteiger partial charge in [0.15, 0.2) is 0 Å². The highest BCUT2D eigenvalue weighted by Gasteiger charge is 2.28. The van der Waals surface area contributed by atoms with E-state index in [4.69, 9.17) is 9.47 Å². The van der Waals surface area contributed by atoms with Gasteiger partial charge in [0.05, 0.1) is 6.04 Å². The van der Waals surface area contributed by atoms with Gasteiger partial charge in [0.25, 0.3) is 0 Å². The van der Waals surface area contributed by atoms with Crippen molar-refractivity contribution in [1.82, 2.24) is 5.32 Å². The highest BCUT2D eigenvalue weighted by Crippen LogP contribution is 2.19. The molecular formula is C11H21NO3. The summed E-state index contributed by atoms with van der Waals surface area (Å²) in [6, 6.07) is -0.0937. The summed E-state index contributed by atoms with van der Waals surface area (Å²) < 4.78 is 10.4. The lowest BCUT2D eigenvalue weighted by molar-refractivity contribution is -0.122. The van der Waals surface area contributed by atoms with Gasteiger partial charge in [-0.25, -0.2) is 0 Å². The number of hydrogen-bond acceptors (Lipinski definition) is 4. The first-order valence-corrected chi connectivity index (χ1v) is 5.52. The van der Waals surface area contributed by atoms with Crippen LogP contribution in [0.4, 0.5) is 0 Å². The molecule has 1 aliphatic rings. The Hall–Kier alpha value is -0.450. The number of ether oxygens (including phenoxy) is 2. The van der Waals surface area contributed by atoms with Crippen molar-refractivity contribution in [3.05, 3.63) is 0 Å². The molecule has 1 saturated heterocycles. The third kappa shape index (κ3) is 3.89. The number of methoxy groups -OCH3 is 1. The van der Waals surface area contributed by atoms with E-state index in [1.54, 1.807) is 14.0 Å². The van der Waals surface area contributed by atoms with Crippen molar-refractivity contribution in [3.63, 3.8) is 0 Å². The molecule has 0 saturated carbocycles. The van der Waals surface area contributed by atoms with Crippen molar-refractivity contribution in [1.29, 1.82) is 0 Å². The van der Waals surface area contributed by atoms with E-state index in [2.05, 4.69) is 5.32 Å². The van der Waals surface area contributed by atoms with Crippen molar-refractivity contribution < 1.29 is 14.3 Å². The summed E-state index contributed by atoms with van der Waals surface area (Å²) in [7, 11) is 1.64. The zero-order valence-electron chi connectivity index (χ0n) is 9.79. The lowest BCUT2D eigenvalue weighted by Crippen LogP contribution is -2.48. The molecule has 0 radical (unpaired) electrons. The van der Waals surface area contributed by atoms with Crippen LogP contribution in [0, 0.1) is 5.92 Å². The summed E-state index contributed by atoms with van der Waals surface area (Å²) in [6.45, 7) is 5.07. The van der Waals surface area contributed by atoms with E-state index in [1.165, 1.54) is 0 Å². The average molecular weight is 215 g/mol. The molecule has 0 aromatic rings. The fraction of sp³-hybridized carbons (Fsp3) is 0.909. The first kappa shape index (κ1) is 12.6. The quantitative estimate of drug-likeness (QED) is 0.694. The first-order chi connectivity index (χ1) is 7.15. The fourth-order valence-electron chi connectivity index (χ4n) is 1.96. The number of hydrogen-bond donors (Lipinski definition) is 1. The van der Waals surface area contributed by atoms with Crippen LogP contribution in [0.5, 0.6) is 0 Å². The molecule has 1 heterocycles. The summed E-state index contributed by atoms with van der Waals surface area (Å²) >= 11 is 0. The van der Waals surface area contributed by atoms with Gasteiger partial charge in [-0.05, 0) is 32.6 Å². The van der Waals surface area contributed by atoms with Crippen LogP contribution >= 0.6 is 0 Å². The third-order valence-electron chi connectivity index (χ3n) is 2.94. The van der Waals surface area contributed by atoms with Crippen molar-refractivity contribution in [2.45, 2.75) is 39.0 Å². The molecule has 88 valence electrons. The van der Waals surface area contributed by atoms with Crippen LogP contribution < -0.4 is 5.32 Å². The molecule has 0 bridgehead atoms. The highest BCUT2D eigenvalue weighted by molar-refractivity contribution is 5.81. The predicted octanol–water partition coefficient (Wildman–Crippen LogP) is 0.953. The van der Waals surface area contributed by atoms with Crippen LogP contribution in [0.15, 0.2) is 0 Å². The summed E-state index contributed by atoms with van der Waals surface area (Å²) in [5.74, 6) is 0.569. The fourth-order valence-corrected chi connectivity index (χ4v) is 1.96. The zero-order valence-corrected chi connectivity index (χ0v) is 9.79. The van der Waals surface area contributed by atoms with Gasteiger partial charge in [-0.2, -0.15) is 0 Å². The Kier molecular flexibility index (Phi) is 5.22. The van der Waals surface area contributed by atoms with Crippen LogP contribution in [0.1, 0.15) is 26.7 Å². The van der Waals surface area contributed by atoms with E-state index >= 15 is 0 Å². The Morgan fingerprint density at radius 3 is 2.53 bits per heavy atom. The second-order valence-electron chi connectivity index (χ2n) is 4.08. The maximum absolute atomic E-state index is 11.5.